The number of nitrogens with zero attached hydrogens (tertiary/aromatic N) is 2. The summed E-state index contributed by atoms with van der Waals surface area (Å²) in [4.78, 5) is 17.8. The number of carbonyl (C=O) groups is 1. The zero-order valence-electron chi connectivity index (χ0n) is 15.0. The van der Waals surface area contributed by atoms with Gasteiger partial charge in [0.1, 0.15) is 12.1 Å². The molecule has 1 aliphatic heterocycles. The van der Waals surface area contributed by atoms with Crippen LogP contribution in [-0.2, 0) is 9.55 Å². The number of aliphatic imine (C=N–C) groups is 1. The Bertz CT molecular complexity index is 578. The van der Waals surface area contributed by atoms with Crippen LogP contribution in [0.2, 0.25) is 6.82 Å². The molecule has 1 amide bonds. The van der Waals surface area contributed by atoms with E-state index in [-0.39, 0.29) is 23.3 Å². The highest BCUT2D eigenvalue weighted by atomic mass is 16.6. The maximum absolute atomic E-state index is 12.9. The second-order valence-corrected chi connectivity index (χ2v) is 7.42. The molecule has 0 radical (unpaired) electrons. The van der Waals surface area contributed by atoms with Crippen LogP contribution >= 0.6 is 0 Å². The highest BCUT2D eigenvalue weighted by molar-refractivity contribution is 6.25. The minimum Gasteiger partial charge on any atom is -0.340 e. The van der Waals surface area contributed by atoms with Crippen LogP contribution in [0.3, 0.4) is 0 Å². The molecule has 5 heteroatoms. The van der Waals surface area contributed by atoms with Gasteiger partial charge in [-0.25, -0.2) is 5.06 Å². The topological polar surface area (TPSA) is 41.9 Å². The molecule has 0 bridgehead atoms. The second-order valence-electron chi connectivity index (χ2n) is 7.42. The van der Waals surface area contributed by atoms with E-state index in [4.69, 9.17) is 9.75 Å². The fourth-order valence-corrected chi connectivity index (χ4v) is 2.93. The van der Waals surface area contributed by atoms with Gasteiger partial charge in [0.05, 0.1) is 5.71 Å². The molecule has 0 saturated carbocycles. The Balaban J connectivity index is 2.59. The third-order valence-corrected chi connectivity index (χ3v) is 4.04. The minimum absolute atomic E-state index is 0.0438. The number of rotatable bonds is 4. The summed E-state index contributed by atoms with van der Waals surface area (Å²) in [5.41, 5.74) is 1.74. The van der Waals surface area contributed by atoms with Crippen LogP contribution in [0.15, 0.2) is 35.3 Å². The van der Waals surface area contributed by atoms with Crippen LogP contribution in [0.1, 0.15) is 40.2 Å². The number of hydrogen-bond donors (Lipinski definition) is 0. The first-order valence-corrected chi connectivity index (χ1v) is 8.36. The molecule has 2 rings (SSSR count). The van der Waals surface area contributed by atoms with Gasteiger partial charge >= 0.3 is 7.48 Å². The van der Waals surface area contributed by atoms with E-state index >= 15 is 0 Å². The summed E-state index contributed by atoms with van der Waals surface area (Å²) in [6.07, 6.45) is 0. The lowest BCUT2D eigenvalue weighted by molar-refractivity contribution is -0.169. The molecule has 124 valence electrons. The number of benzene rings is 1. The predicted octanol–water partition coefficient (Wildman–Crippen LogP) is 3.09. The van der Waals surface area contributed by atoms with Crippen molar-refractivity contribution >= 4 is 19.1 Å². The second kappa shape index (κ2) is 6.87. The van der Waals surface area contributed by atoms with Crippen molar-refractivity contribution in [2.24, 2.45) is 16.3 Å². The first-order valence-electron chi connectivity index (χ1n) is 8.36. The Morgan fingerprint density at radius 3 is 2.30 bits per heavy atom. The van der Waals surface area contributed by atoms with Gasteiger partial charge in [-0.05, 0) is 16.9 Å². The average Bonchev–Trinajstić information content (AvgIpc) is 2.48. The molecule has 4 nitrogen and oxygen atoms in total. The normalized spacial score (nSPS) is 22.3. The van der Waals surface area contributed by atoms with Crippen LogP contribution in [0.25, 0.3) is 0 Å². The third kappa shape index (κ3) is 3.66. The maximum Gasteiger partial charge on any atom is 0.310 e. The zero-order valence-corrected chi connectivity index (χ0v) is 15.0. The van der Waals surface area contributed by atoms with Crippen LogP contribution < -0.4 is 0 Å². The van der Waals surface area contributed by atoms with Gasteiger partial charge in [-0.1, -0.05) is 71.8 Å². The van der Waals surface area contributed by atoms with Crippen LogP contribution in [0.5, 0.6) is 0 Å². The van der Waals surface area contributed by atoms with Crippen LogP contribution in [0, 0.1) is 11.3 Å². The smallest absolute Gasteiger partial charge is 0.310 e. The van der Waals surface area contributed by atoms with E-state index in [9.17, 15) is 4.79 Å². The van der Waals surface area contributed by atoms with Crippen molar-refractivity contribution in [3.8, 4) is 0 Å². The number of hydroxylamine groups is 2. The van der Waals surface area contributed by atoms with Gasteiger partial charge < -0.3 is 4.76 Å². The summed E-state index contributed by atoms with van der Waals surface area (Å²) in [6, 6.07) is 9.50. The van der Waals surface area contributed by atoms with E-state index in [2.05, 4.69) is 13.8 Å². The van der Waals surface area contributed by atoms with Gasteiger partial charge in [0, 0.05) is 0 Å². The van der Waals surface area contributed by atoms with Crippen molar-refractivity contribution in [2.75, 3.05) is 0 Å². The largest absolute Gasteiger partial charge is 0.340 e. The zero-order chi connectivity index (χ0) is 17.2. The van der Waals surface area contributed by atoms with E-state index in [1.807, 2.05) is 57.9 Å². The highest BCUT2D eigenvalue weighted by Gasteiger charge is 2.44. The fraction of sp³-hybridized carbons (Fsp3) is 0.556. The molecule has 2 unspecified atom stereocenters. The van der Waals surface area contributed by atoms with Crippen molar-refractivity contribution in [3.63, 3.8) is 0 Å². The molecule has 1 aromatic carbocycles. The third-order valence-electron chi connectivity index (χ3n) is 4.04. The highest BCUT2D eigenvalue weighted by Crippen LogP contribution is 2.32. The first kappa shape index (κ1) is 17.7. The molecule has 0 aliphatic carbocycles. The summed E-state index contributed by atoms with van der Waals surface area (Å²) in [5, 5.41) is 1.57. The van der Waals surface area contributed by atoms with Gasteiger partial charge in [0.2, 0.25) is 0 Å². The minimum atomic E-state index is -0.431. The Morgan fingerprint density at radius 2 is 1.83 bits per heavy atom. The van der Waals surface area contributed by atoms with Crippen LogP contribution in [0.4, 0.5) is 0 Å². The number of carbonyl (C=O) groups excluding carboxylic acids is 1. The van der Waals surface area contributed by atoms with Gasteiger partial charge in [0.25, 0.3) is 5.91 Å². The Kier molecular flexibility index (Phi) is 5.30. The maximum atomic E-state index is 12.9. The fourth-order valence-electron chi connectivity index (χ4n) is 2.93. The lowest BCUT2D eigenvalue weighted by Gasteiger charge is -2.43. The van der Waals surface area contributed by atoms with Gasteiger partial charge in [-0.15, -0.1) is 0 Å². The van der Waals surface area contributed by atoms with E-state index < -0.39 is 6.04 Å². The lowest BCUT2D eigenvalue weighted by atomic mass is 9.82. The Labute approximate surface area is 140 Å². The summed E-state index contributed by atoms with van der Waals surface area (Å²) >= 11 is 0. The molecule has 1 aromatic rings. The predicted molar refractivity (Wildman–Crippen MR) is 95.8 cm³/mol. The Hall–Kier alpha value is -1.62. The van der Waals surface area contributed by atoms with Crippen LogP contribution in [-0.4, -0.2) is 36.2 Å². The molecule has 0 N–H and O–H groups in total. The molecular weight excluding hydrogens is 287 g/mol. The van der Waals surface area contributed by atoms with E-state index in [0.29, 0.717) is 7.48 Å². The number of amides is 1. The van der Waals surface area contributed by atoms with Crippen molar-refractivity contribution < 1.29 is 9.55 Å². The summed E-state index contributed by atoms with van der Waals surface area (Å²) in [5.74, 6) is 0.170. The van der Waals surface area contributed by atoms with Gasteiger partial charge in [0.15, 0.2) is 0 Å². The molecule has 1 aliphatic rings. The molecule has 23 heavy (non-hydrogen) atoms. The molecule has 0 saturated heterocycles. The Morgan fingerprint density at radius 1 is 1.22 bits per heavy atom. The molecule has 0 aromatic heterocycles. The number of hydrogen-bond acceptors (Lipinski definition) is 3. The standard InChI is InChI=1S/C18H27BN2O2/c1-12(2)15-14(13-10-8-7-9-11-13)20-16(18(3,4)5)17(22)21(15)23-19-6/h7-12,15-16,19H,1-6H3. The summed E-state index contributed by atoms with van der Waals surface area (Å²) < 4.78 is 5.75. The summed E-state index contributed by atoms with van der Waals surface area (Å²) in [7, 11) is 0.466. The van der Waals surface area contributed by atoms with E-state index in [0.717, 1.165) is 11.3 Å². The quantitative estimate of drug-likeness (QED) is 0.802. The first-order chi connectivity index (χ1) is 10.8. The average molecular weight is 314 g/mol. The van der Waals surface area contributed by atoms with Gasteiger partial charge in [-0.2, -0.15) is 0 Å². The molecule has 0 spiro atoms. The van der Waals surface area contributed by atoms with Crippen molar-refractivity contribution in [1.29, 1.82) is 0 Å². The summed E-state index contributed by atoms with van der Waals surface area (Å²) in [6.45, 7) is 12.2. The SMILES string of the molecule is CBON1C(=O)C(C(C)(C)C)N=C(c2ccccc2)C1C(C)C. The lowest BCUT2D eigenvalue weighted by Crippen LogP contribution is -2.58. The van der Waals surface area contributed by atoms with E-state index in [1.54, 1.807) is 5.06 Å². The molecule has 2 atom stereocenters. The molecule has 1 heterocycles. The monoisotopic (exact) mass is 314 g/mol. The molecule has 0 fully saturated rings. The van der Waals surface area contributed by atoms with Crippen molar-refractivity contribution in [3.05, 3.63) is 35.9 Å². The van der Waals surface area contributed by atoms with Crippen molar-refractivity contribution in [2.45, 2.75) is 53.5 Å². The van der Waals surface area contributed by atoms with Gasteiger partial charge in [-0.3, -0.25) is 9.79 Å². The molecular formula is C18H27BN2O2. The van der Waals surface area contributed by atoms with E-state index in [1.165, 1.54) is 0 Å². The van der Waals surface area contributed by atoms with Crippen molar-refractivity contribution in [1.82, 2.24) is 5.06 Å².